The minimum atomic E-state index is -0.0438. The van der Waals surface area contributed by atoms with Crippen LogP contribution in [-0.4, -0.2) is 60.7 Å². The lowest BCUT2D eigenvalue weighted by molar-refractivity contribution is -0.120. The Balaban J connectivity index is 2.21. The lowest BCUT2D eigenvalue weighted by atomic mass is 10.1. The van der Waals surface area contributed by atoms with Crippen LogP contribution in [0.25, 0.3) is 0 Å². The zero-order valence-corrected chi connectivity index (χ0v) is 11.9. The number of nitrogens with zero attached hydrogens (tertiary/aromatic N) is 1. The first kappa shape index (κ1) is 15.4. The predicted octanol–water partition coefficient (Wildman–Crippen LogP) is 0.172. The van der Waals surface area contributed by atoms with Crippen LogP contribution >= 0.6 is 11.8 Å². The van der Waals surface area contributed by atoms with Gasteiger partial charge < -0.3 is 15.3 Å². The summed E-state index contributed by atoms with van der Waals surface area (Å²) in [4.78, 5) is 13.3. The normalized spacial score (nSPS) is 22.7. The highest BCUT2D eigenvalue weighted by atomic mass is 32.2. The number of aliphatic hydroxyl groups is 1. The molecule has 0 aromatic rings. The molecule has 0 aromatic carbocycles. The third-order valence-corrected chi connectivity index (χ3v) is 4.39. The summed E-state index contributed by atoms with van der Waals surface area (Å²) < 4.78 is 0. The minimum absolute atomic E-state index is 0.0438. The smallest absolute Gasteiger partial charge is 0.221 e. The Labute approximate surface area is 114 Å². The molecular formula is C13H22N2O2S. The molecule has 5 heteroatoms. The molecule has 18 heavy (non-hydrogen) atoms. The van der Waals surface area contributed by atoms with Crippen molar-refractivity contribution in [1.29, 1.82) is 0 Å². The van der Waals surface area contributed by atoms with E-state index in [1.807, 2.05) is 11.8 Å². The monoisotopic (exact) mass is 270 g/mol. The van der Waals surface area contributed by atoms with Gasteiger partial charge in [0, 0.05) is 43.5 Å². The lowest BCUT2D eigenvalue weighted by Gasteiger charge is -2.19. The number of hydrogen-bond donors (Lipinski definition) is 2. The van der Waals surface area contributed by atoms with Crippen LogP contribution in [0.2, 0.25) is 0 Å². The molecular weight excluding hydrogens is 248 g/mol. The number of nitrogens with one attached hydrogen (secondary N) is 1. The molecule has 2 unspecified atom stereocenters. The Morgan fingerprint density at radius 3 is 3.06 bits per heavy atom. The Kier molecular flexibility index (Phi) is 7.18. The maximum absolute atomic E-state index is 11.1. The van der Waals surface area contributed by atoms with Gasteiger partial charge in [-0.3, -0.25) is 4.79 Å². The van der Waals surface area contributed by atoms with Gasteiger partial charge in [-0.05, 0) is 13.5 Å². The van der Waals surface area contributed by atoms with Crippen LogP contribution in [-0.2, 0) is 4.79 Å². The van der Waals surface area contributed by atoms with Gasteiger partial charge in [-0.25, -0.2) is 0 Å². The predicted molar refractivity (Wildman–Crippen MR) is 75.4 cm³/mol. The zero-order valence-electron chi connectivity index (χ0n) is 11.1. The molecule has 1 amide bonds. The first-order valence-electron chi connectivity index (χ1n) is 6.25. The molecule has 102 valence electrons. The Morgan fingerprint density at radius 2 is 2.39 bits per heavy atom. The van der Waals surface area contributed by atoms with Crippen LogP contribution in [0.4, 0.5) is 0 Å². The van der Waals surface area contributed by atoms with Crippen molar-refractivity contribution < 1.29 is 9.90 Å². The van der Waals surface area contributed by atoms with Gasteiger partial charge in [0.15, 0.2) is 0 Å². The largest absolute Gasteiger partial charge is 0.384 e. The van der Waals surface area contributed by atoms with E-state index in [0.29, 0.717) is 17.6 Å². The molecule has 0 aliphatic carbocycles. The van der Waals surface area contributed by atoms with Crippen molar-refractivity contribution in [3.05, 3.63) is 0 Å². The van der Waals surface area contributed by atoms with Crippen molar-refractivity contribution in [2.75, 3.05) is 39.5 Å². The molecule has 0 bridgehead atoms. The quantitative estimate of drug-likeness (QED) is 0.699. The van der Waals surface area contributed by atoms with Crippen LogP contribution < -0.4 is 5.32 Å². The zero-order chi connectivity index (χ0) is 13.4. The number of hydrogen-bond acceptors (Lipinski definition) is 4. The molecule has 1 heterocycles. The molecule has 2 N–H and O–H groups in total. The Bertz CT molecular complexity index is 325. The molecule has 1 fully saturated rings. The third-order valence-electron chi connectivity index (χ3n) is 2.98. The standard InChI is InChI=1S/C13H22N2O2S/c1-14-13(17)5-6-15(2)9-12-8-11(10-18-12)4-3-7-16/h11-12,16H,5-10H2,1-2H3,(H,14,17). The van der Waals surface area contributed by atoms with Gasteiger partial charge in [0.2, 0.25) is 5.91 Å². The average Bonchev–Trinajstić information content (AvgIpc) is 2.81. The summed E-state index contributed by atoms with van der Waals surface area (Å²) in [6, 6.07) is 0. The number of thioether (sulfide) groups is 1. The van der Waals surface area contributed by atoms with Crippen molar-refractivity contribution in [3.63, 3.8) is 0 Å². The van der Waals surface area contributed by atoms with Crippen LogP contribution in [0.5, 0.6) is 0 Å². The van der Waals surface area contributed by atoms with Gasteiger partial charge in [0.25, 0.3) is 0 Å². The van der Waals surface area contributed by atoms with E-state index in [1.165, 1.54) is 0 Å². The van der Waals surface area contributed by atoms with Crippen LogP contribution in [0, 0.1) is 17.8 Å². The second-order valence-corrected chi connectivity index (χ2v) is 5.89. The molecule has 0 radical (unpaired) electrons. The molecule has 4 nitrogen and oxygen atoms in total. The summed E-state index contributed by atoms with van der Waals surface area (Å²) in [7, 11) is 3.72. The fraction of sp³-hybridized carbons (Fsp3) is 0.769. The van der Waals surface area contributed by atoms with Crippen molar-refractivity contribution >= 4 is 17.7 Å². The first-order chi connectivity index (χ1) is 8.65. The Hall–Kier alpha value is -0.700. The molecule has 1 aliphatic rings. The van der Waals surface area contributed by atoms with Gasteiger partial charge in [-0.2, -0.15) is 11.8 Å². The van der Waals surface area contributed by atoms with Gasteiger partial charge in [0.1, 0.15) is 6.61 Å². The first-order valence-corrected chi connectivity index (χ1v) is 7.30. The molecule has 1 saturated heterocycles. The molecule has 1 aliphatic heterocycles. The Morgan fingerprint density at radius 1 is 1.61 bits per heavy atom. The van der Waals surface area contributed by atoms with E-state index >= 15 is 0 Å². The van der Waals surface area contributed by atoms with Crippen molar-refractivity contribution in [1.82, 2.24) is 10.2 Å². The fourth-order valence-electron chi connectivity index (χ4n) is 1.98. The molecule has 0 aromatic heterocycles. The SMILES string of the molecule is CNC(=O)CCN(C)CC1CC(C#CCO)CS1. The highest BCUT2D eigenvalue weighted by Gasteiger charge is 2.24. The van der Waals surface area contributed by atoms with Crippen LogP contribution in [0.1, 0.15) is 12.8 Å². The molecule has 0 spiro atoms. The second-order valence-electron chi connectivity index (χ2n) is 4.55. The van der Waals surface area contributed by atoms with E-state index in [0.717, 1.165) is 25.3 Å². The highest BCUT2D eigenvalue weighted by molar-refractivity contribution is 8.00. The van der Waals surface area contributed by atoms with E-state index in [4.69, 9.17) is 5.11 Å². The number of rotatable bonds is 5. The molecule has 2 atom stereocenters. The number of carbonyl (C=O) groups excluding carboxylic acids is 1. The van der Waals surface area contributed by atoms with Gasteiger partial charge in [0.05, 0.1) is 0 Å². The van der Waals surface area contributed by atoms with E-state index in [9.17, 15) is 4.79 Å². The molecule has 1 rings (SSSR count). The summed E-state index contributed by atoms with van der Waals surface area (Å²) >= 11 is 1.94. The maximum atomic E-state index is 11.1. The number of carbonyl (C=O) groups is 1. The van der Waals surface area contributed by atoms with E-state index < -0.39 is 0 Å². The van der Waals surface area contributed by atoms with E-state index in [2.05, 4.69) is 29.1 Å². The van der Waals surface area contributed by atoms with Crippen LogP contribution in [0.3, 0.4) is 0 Å². The molecule has 0 saturated carbocycles. The van der Waals surface area contributed by atoms with Crippen molar-refractivity contribution in [3.8, 4) is 11.8 Å². The summed E-state index contributed by atoms with van der Waals surface area (Å²) in [5, 5.41) is 11.9. The summed E-state index contributed by atoms with van der Waals surface area (Å²) in [6.07, 6.45) is 1.64. The highest BCUT2D eigenvalue weighted by Crippen LogP contribution is 2.31. The lowest BCUT2D eigenvalue weighted by Crippen LogP contribution is -2.30. The second kappa shape index (κ2) is 8.41. The topological polar surface area (TPSA) is 52.6 Å². The number of amides is 1. The third kappa shape index (κ3) is 5.76. The fourth-order valence-corrected chi connectivity index (χ4v) is 3.43. The number of aliphatic hydroxyl groups excluding tert-OH is 1. The van der Waals surface area contributed by atoms with E-state index in [-0.39, 0.29) is 12.5 Å². The van der Waals surface area contributed by atoms with Crippen LogP contribution in [0.15, 0.2) is 0 Å². The summed E-state index contributed by atoms with van der Waals surface area (Å²) in [6.45, 7) is 1.75. The maximum Gasteiger partial charge on any atom is 0.221 e. The van der Waals surface area contributed by atoms with Gasteiger partial charge >= 0.3 is 0 Å². The minimum Gasteiger partial charge on any atom is -0.384 e. The van der Waals surface area contributed by atoms with E-state index in [1.54, 1.807) is 7.05 Å². The van der Waals surface area contributed by atoms with Gasteiger partial charge in [-0.15, -0.1) is 0 Å². The summed E-state index contributed by atoms with van der Waals surface area (Å²) in [5.74, 6) is 7.39. The van der Waals surface area contributed by atoms with Crippen molar-refractivity contribution in [2.45, 2.75) is 18.1 Å². The average molecular weight is 270 g/mol. The summed E-state index contributed by atoms with van der Waals surface area (Å²) in [5.41, 5.74) is 0. The van der Waals surface area contributed by atoms with Gasteiger partial charge in [-0.1, -0.05) is 11.8 Å². The van der Waals surface area contributed by atoms with Crippen molar-refractivity contribution in [2.24, 2.45) is 5.92 Å².